The highest BCUT2D eigenvalue weighted by molar-refractivity contribution is 6.31. The van der Waals surface area contributed by atoms with Crippen molar-refractivity contribution in [1.29, 1.82) is 0 Å². The molecule has 0 spiro atoms. The zero-order valence-corrected chi connectivity index (χ0v) is 14.1. The molecule has 0 aliphatic carbocycles. The first-order valence-electron chi connectivity index (χ1n) is 6.98. The van der Waals surface area contributed by atoms with Gasteiger partial charge in [0.15, 0.2) is 0 Å². The number of nitrogens with zero attached hydrogens (tertiary/aromatic N) is 2. The molecule has 3 N–H and O–H groups in total. The van der Waals surface area contributed by atoms with E-state index in [1.165, 1.54) is 0 Å². The van der Waals surface area contributed by atoms with Crippen LogP contribution in [0.4, 0.5) is 0 Å². The predicted octanol–water partition coefficient (Wildman–Crippen LogP) is 2.21. The fourth-order valence-electron chi connectivity index (χ4n) is 2.51. The Hall–Kier alpha value is -0.620. The van der Waals surface area contributed by atoms with Crippen molar-refractivity contribution in [3.05, 3.63) is 16.4 Å². The molecule has 0 aliphatic heterocycles. The maximum atomic E-state index is 6.32. The Morgan fingerprint density at radius 1 is 1.45 bits per heavy atom. The molecule has 0 aliphatic rings. The topological polar surface area (TPSA) is 65.1 Å². The number of halogens is 1. The molecule has 1 rings (SSSR count). The highest BCUT2D eigenvalue weighted by Crippen LogP contribution is 2.28. The summed E-state index contributed by atoms with van der Waals surface area (Å²) in [5.41, 5.74) is 4.67. The van der Waals surface area contributed by atoms with E-state index < -0.39 is 0 Å². The predicted molar refractivity (Wildman–Crippen MR) is 82.6 cm³/mol. The second-order valence-corrected chi connectivity index (χ2v) is 6.57. The van der Waals surface area contributed by atoms with E-state index in [0.29, 0.717) is 18.1 Å². The first-order valence-corrected chi connectivity index (χ1v) is 7.35. The quantitative estimate of drug-likeness (QED) is 0.624. The van der Waals surface area contributed by atoms with E-state index >= 15 is 0 Å². The van der Waals surface area contributed by atoms with Gasteiger partial charge in [-0.05, 0) is 19.3 Å². The van der Waals surface area contributed by atoms with Gasteiger partial charge in [-0.2, -0.15) is 5.10 Å². The normalized spacial score (nSPS) is 15.4. The summed E-state index contributed by atoms with van der Waals surface area (Å²) in [5, 5.41) is 5.05. The Bertz CT molecular complexity index is 439. The molecular weight excluding hydrogens is 276 g/mol. The van der Waals surface area contributed by atoms with Crippen molar-refractivity contribution in [3.8, 4) is 0 Å². The van der Waals surface area contributed by atoms with E-state index in [1.807, 2.05) is 25.6 Å². The molecule has 5 nitrogen and oxygen atoms in total. The molecular formula is C14H27ClN4O. The lowest BCUT2D eigenvalue weighted by molar-refractivity contribution is -0.0359. The largest absolute Gasteiger partial charge is 0.376 e. The van der Waals surface area contributed by atoms with Gasteiger partial charge < -0.3 is 4.74 Å². The van der Waals surface area contributed by atoms with Crippen LogP contribution in [0, 0.1) is 12.3 Å². The van der Waals surface area contributed by atoms with E-state index in [4.69, 9.17) is 22.2 Å². The van der Waals surface area contributed by atoms with Gasteiger partial charge in [-0.25, -0.2) is 0 Å². The summed E-state index contributed by atoms with van der Waals surface area (Å²) >= 11 is 6.32. The fourth-order valence-corrected chi connectivity index (χ4v) is 2.75. The molecule has 116 valence electrons. The zero-order valence-electron chi connectivity index (χ0n) is 13.3. The lowest BCUT2D eigenvalue weighted by Gasteiger charge is -2.36. The summed E-state index contributed by atoms with van der Waals surface area (Å²) in [6.45, 7) is 11.0. The van der Waals surface area contributed by atoms with E-state index in [9.17, 15) is 0 Å². The number of hydrogen-bond donors (Lipinski definition) is 2. The van der Waals surface area contributed by atoms with E-state index in [0.717, 1.165) is 11.4 Å². The van der Waals surface area contributed by atoms with Gasteiger partial charge in [-0.1, -0.05) is 32.4 Å². The fraction of sp³-hybridized carbons (Fsp3) is 0.786. The zero-order chi connectivity index (χ0) is 15.5. The molecule has 0 fully saturated rings. The number of nitrogens with two attached hydrogens (primary N) is 1. The molecule has 1 aromatic rings. The van der Waals surface area contributed by atoms with Gasteiger partial charge in [-0.3, -0.25) is 16.0 Å². The molecule has 0 bridgehead atoms. The van der Waals surface area contributed by atoms with Crippen LogP contribution in [0.2, 0.25) is 5.02 Å². The summed E-state index contributed by atoms with van der Waals surface area (Å²) in [6.07, 6.45) is 0.665. The number of aryl methyl sites for hydroxylation is 2. The van der Waals surface area contributed by atoms with Gasteiger partial charge in [0.25, 0.3) is 0 Å². The summed E-state index contributed by atoms with van der Waals surface area (Å²) in [7, 11) is 1.90. The van der Waals surface area contributed by atoms with Crippen molar-refractivity contribution < 1.29 is 4.74 Å². The smallest absolute Gasteiger partial charge is 0.0847 e. The van der Waals surface area contributed by atoms with Crippen molar-refractivity contribution in [2.75, 3.05) is 6.61 Å². The second kappa shape index (κ2) is 6.89. The molecule has 0 amide bonds. The molecule has 0 aromatic carbocycles. The van der Waals surface area contributed by atoms with E-state index in [2.05, 4.69) is 31.3 Å². The molecule has 0 saturated heterocycles. The van der Waals surface area contributed by atoms with Gasteiger partial charge in [0.05, 0.1) is 28.6 Å². The first kappa shape index (κ1) is 17.4. The highest BCUT2D eigenvalue weighted by Gasteiger charge is 2.33. The Labute approximate surface area is 126 Å². The van der Waals surface area contributed by atoms with E-state index in [-0.39, 0.29) is 17.6 Å². The van der Waals surface area contributed by atoms with Crippen molar-refractivity contribution in [2.24, 2.45) is 18.3 Å². The Balaban J connectivity index is 3.00. The monoisotopic (exact) mass is 302 g/mol. The number of hydrazine groups is 1. The van der Waals surface area contributed by atoms with Gasteiger partial charge >= 0.3 is 0 Å². The molecule has 6 heteroatoms. The Morgan fingerprint density at radius 3 is 2.40 bits per heavy atom. The van der Waals surface area contributed by atoms with Crippen LogP contribution in [0.3, 0.4) is 0 Å². The molecule has 20 heavy (non-hydrogen) atoms. The molecule has 2 atom stereocenters. The third-order valence-electron chi connectivity index (χ3n) is 3.45. The number of rotatable bonds is 6. The van der Waals surface area contributed by atoms with Crippen molar-refractivity contribution in [1.82, 2.24) is 15.2 Å². The van der Waals surface area contributed by atoms with Crippen molar-refractivity contribution in [2.45, 2.75) is 53.2 Å². The Morgan fingerprint density at radius 2 is 2.05 bits per heavy atom. The average Bonchev–Trinajstić information content (AvgIpc) is 2.58. The lowest BCUT2D eigenvalue weighted by Crippen LogP contribution is -2.52. The van der Waals surface area contributed by atoms with Crippen molar-refractivity contribution in [3.63, 3.8) is 0 Å². The van der Waals surface area contributed by atoms with Gasteiger partial charge in [0.1, 0.15) is 0 Å². The van der Waals surface area contributed by atoms with Crippen LogP contribution in [0.1, 0.15) is 39.1 Å². The summed E-state index contributed by atoms with van der Waals surface area (Å²) in [5.74, 6) is 5.75. The molecule has 1 heterocycles. The lowest BCUT2D eigenvalue weighted by atomic mass is 9.83. The number of aromatic nitrogens is 2. The summed E-state index contributed by atoms with van der Waals surface area (Å²) < 4.78 is 7.72. The maximum absolute atomic E-state index is 6.32. The second-order valence-electron chi connectivity index (χ2n) is 6.19. The molecule has 0 saturated carbocycles. The SMILES string of the molecule is CCOC(C(Cc1c(Cl)c(C)nn1C)NN)C(C)(C)C. The average molecular weight is 303 g/mol. The minimum absolute atomic E-state index is 0.0104. The van der Waals surface area contributed by atoms with Crippen LogP contribution in [-0.2, 0) is 18.2 Å². The number of hydrogen-bond acceptors (Lipinski definition) is 4. The van der Waals surface area contributed by atoms with Crippen LogP contribution >= 0.6 is 11.6 Å². The standard InChI is InChI=1S/C14H27ClN4O/c1-7-20-13(14(3,4)5)10(17-16)8-11-12(15)9(2)18-19(11)6/h10,13,17H,7-8,16H2,1-6H3. The number of ether oxygens (including phenoxy) is 1. The van der Waals surface area contributed by atoms with Gasteiger partial charge in [0.2, 0.25) is 0 Å². The summed E-state index contributed by atoms with van der Waals surface area (Å²) in [6, 6.07) is -0.0257. The van der Waals surface area contributed by atoms with Gasteiger partial charge in [0, 0.05) is 20.1 Å². The van der Waals surface area contributed by atoms with Crippen LogP contribution in [0.25, 0.3) is 0 Å². The van der Waals surface area contributed by atoms with Crippen LogP contribution in [0.15, 0.2) is 0 Å². The van der Waals surface area contributed by atoms with Crippen LogP contribution < -0.4 is 11.3 Å². The maximum Gasteiger partial charge on any atom is 0.0847 e. The summed E-state index contributed by atoms with van der Waals surface area (Å²) in [4.78, 5) is 0. The van der Waals surface area contributed by atoms with Gasteiger partial charge in [-0.15, -0.1) is 0 Å². The molecule has 2 unspecified atom stereocenters. The van der Waals surface area contributed by atoms with Crippen LogP contribution in [-0.4, -0.2) is 28.5 Å². The van der Waals surface area contributed by atoms with Crippen LogP contribution in [0.5, 0.6) is 0 Å². The third-order valence-corrected chi connectivity index (χ3v) is 3.95. The minimum atomic E-state index is -0.0257. The van der Waals surface area contributed by atoms with Crippen molar-refractivity contribution >= 4 is 11.6 Å². The third kappa shape index (κ3) is 3.95. The number of nitrogens with one attached hydrogen (secondary N) is 1. The first-order chi connectivity index (χ1) is 9.22. The highest BCUT2D eigenvalue weighted by atomic mass is 35.5. The molecule has 0 radical (unpaired) electrons. The minimum Gasteiger partial charge on any atom is -0.376 e. The molecule has 1 aromatic heterocycles. The Kier molecular flexibility index (Phi) is 6.01. The van der Waals surface area contributed by atoms with E-state index in [1.54, 1.807) is 0 Å².